The summed E-state index contributed by atoms with van der Waals surface area (Å²) in [5.41, 5.74) is 2.75. The molecular weight excluding hydrogens is 413 g/mol. The van der Waals surface area contributed by atoms with Gasteiger partial charge in [0.25, 0.3) is 0 Å². The third-order valence-electron chi connectivity index (χ3n) is 4.32. The zero-order valence-electron chi connectivity index (χ0n) is 15.3. The Morgan fingerprint density at radius 3 is 2.50 bits per heavy atom. The molecule has 0 unspecified atom stereocenters. The number of nitrogens with zero attached hydrogens (tertiary/aromatic N) is 2. The number of aliphatic imine (C=N–C) groups is 1. The molecule has 1 aliphatic carbocycles. The van der Waals surface area contributed by atoms with Crippen LogP contribution in [0.3, 0.4) is 0 Å². The molecule has 0 radical (unpaired) electrons. The van der Waals surface area contributed by atoms with E-state index in [0.717, 1.165) is 51.0 Å². The van der Waals surface area contributed by atoms with E-state index in [1.54, 1.807) is 0 Å². The molecule has 0 amide bonds. The van der Waals surface area contributed by atoms with E-state index in [1.165, 1.54) is 24.0 Å². The van der Waals surface area contributed by atoms with Gasteiger partial charge in [0.2, 0.25) is 0 Å². The maximum Gasteiger partial charge on any atom is 0.193 e. The first-order chi connectivity index (χ1) is 11.2. The van der Waals surface area contributed by atoms with Gasteiger partial charge < -0.3 is 15.0 Å². The summed E-state index contributed by atoms with van der Waals surface area (Å²) in [6.45, 7) is 5.65. The van der Waals surface area contributed by atoms with E-state index in [2.05, 4.69) is 53.4 Å². The van der Waals surface area contributed by atoms with Crippen LogP contribution in [0.15, 0.2) is 29.3 Å². The van der Waals surface area contributed by atoms with E-state index in [0.29, 0.717) is 0 Å². The van der Waals surface area contributed by atoms with Gasteiger partial charge in [0.1, 0.15) is 0 Å². The predicted octanol–water partition coefficient (Wildman–Crippen LogP) is 3.34. The van der Waals surface area contributed by atoms with Crippen LogP contribution in [0.2, 0.25) is 0 Å². The van der Waals surface area contributed by atoms with Crippen molar-refractivity contribution in [2.45, 2.75) is 32.6 Å². The number of likely N-dealkylation sites (N-methyl/N-ethyl adjacent to an activating group) is 1. The SMILES string of the molecule is CCc1ccc(CCNC(=NC)N(C)CCOCC2CC2)cc1.I. The normalized spacial score (nSPS) is 14.2. The number of benzene rings is 1. The zero-order chi connectivity index (χ0) is 16.5. The fraction of sp³-hybridized carbons (Fsp3) is 0.632. The number of rotatable bonds is 9. The molecule has 24 heavy (non-hydrogen) atoms. The summed E-state index contributed by atoms with van der Waals surface area (Å²) >= 11 is 0. The number of ether oxygens (including phenoxy) is 1. The Labute approximate surface area is 164 Å². The second-order valence-corrected chi connectivity index (χ2v) is 6.33. The van der Waals surface area contributed by atoms with Crippen LogP contribution in [-0.4, -0.2) is 51.3 Å². The van der Waals surface area contributed by atoms with E-state index in [1.807, 2.05) is 7.05 Å². The van der Waals surface area contributed by atoms with Gasteiger partial charge in [0.05, 0.1) is 6.61 Å². The molecule has 1 aliphatic rings. The van der Waals surface area contributed by atoms with Crippen molar-refractivity contribution in [3.05, 3.63) is 35.4 Å². The third kappa shape index (κ3) is 7.83. The van der Waals surface area contributed by atoms with Crippen LogP contribution in [0.1, 0.15) is 30.9 Å². The van der Waals surface area contributed by atoms with E-state index in [4.69, 9.17) is 4.74 Å². The molecule has 0 spiro atoms. The Balaban J connectivity index is 0.00000288. The lowest BCUT2D eigenvalue weighted by molar-refractivity contribution is 0.115. The maximum atomic E-state index is 5.69. The molecule has 0 atom stereocenters. The fourth-order valence-corrected chi connectivity index (χ4v) is 2.49. The highest BCUT2D eigenvalue weighted by Gasteiger charge is 2.21. The van der Waals surface area contributed by atoms with E-state index < -0.39 is 0 Å². The zero-order valence-corrected chi connectivity index (χ0v) is 17.6. The van der Waals surface area contributed by atoms with E-state index >= 15 is 0 Å². The number of aryl methyl sites for hydroxylation is 1. The lowest BCUT2D eigenvalue weighted by atomic mass is 10.1. The minimum atomic E-state index is 0. The van der Waals surface area contributed by atoms with Gasteiger partial charge in [0, 0.05) is 33.8 Å². The van der Waals surface area contributed by atoms with Crippen molar-refractivity contribution in [2.24, 2.45) is 10.9 Å². The van der Waals surface area contributed by atoms with Gasteiger partial charge in [-0.15, -0.1) is 24.0 Å². The highest BCUT2D eigenvalue weighted by Crippen LogP contribution is 2.28. The number of hydrogen-bond donors (Lipinski definition) is 1. The summed E-state index contributed by atoms with van der Waals surface area (Å²) in [6, 6.07) is 8.87. The minimum Gasteiger partial charge on any atom is -0.379 e. The van der Waals surface area contributed by atoms with E-state index in [9.17, 15) is 0 Å². The predicted molar refractivity (Wildman–Crippen MR) is 112 cm³/mol. The van der Waals surface area contributed by atoms with Crippen molar-refractivity contribution in [1.82, 2.24) is 10.2 Å². The summed E-state index contributed by atoms with van der Waals surface area (Å²) in [7, 11) is 3.89. The molecule has 1 N–H and O–H groups in total. The maximum absolute atomic E-state index is 5.69. The Hall–Kier alpha value is -0.820. The molecule has 4 nitrogen and oxygen atoms in total. The van der Waals surface area contributed by atoms with Gasteiger partial charge in [-0.25, -0.2) is 0 Å². The standard InChI is InChI=1S/C19H31N3O.HI/c1-4-16-5-7-17(8-6-16)11-12-21-19(20-2)22(3)13-14-23-15-18-9-10-18;/h5-8,18H,4,9-15H2,1-3H3,(H,20,21);1H. The number of halogens is 1. The molecule has 0 heterocycles. The molecular formula is C19H32IN3O. The van der Waals surface area contributed by atoms with Crippen LogP contribution in [0.5, 0.6) is 0 Å². The molecule has 1 fully saturated rings. The van der Waals surface area contributed by atoms with Gasteiger partial charge in [-0.05, 0) is 42.7 Å². The van der Waals surface area contributed by atoms with Crippen molar-refractivity contribution in [3.63, 3.8) is 0 Å². The van der Waals surface area contributed by atoms with Gasteiger partial charge in [0.15, 0.2) is 5.96 Å². The smallest absolute Gasteiger partial charge is 0.193 e. The molecule has 2 rings (SSSR count). The Kier molecular flexibility index (Phi) is 10.3. The van der Waals surface area contributed by atoms with Crippen LogP contribution in [0, 0.1) is 5.92 Å². The molecule has 0 saturated heterocycles. The van der Waals surface area contributed by atoms with Crippen molar-refractivity contribution in [3.8, 4) is 0 Å². The Bertz CT molecular complexity index is 486. The average molecular weight is 445 g/mol. The number of hydrogen-bond acceptors (Lipinski definition) is 2. The first-order valence-electron chi connectivity index (χ1n) is 8.80. The van der Waals surface area contributed by atoms with Crippen LogP contribution in [0.4, 0.5) is 0 Å². The summed E-state index contributed by atoms with van der Waals surface area (Å²) in [5.74, 6) is 1.77. The molecule has 136 valence electrons. The van der Waals surface area contributed by atoms with Gasteiger partial charge in [-0.2, -0.15) is 0 Å². The first kappa shape index (κ1) is 21.2. The molecule has 5 heteroatoms. The summed E-state index contributed by atoms with van der Waals surface area (Å²) < 4.78 is 5.69. The minimum absolute atomic E-state index is 0. The van der Waals surface area contributed by atoms with Gasteiger partial charge >= 0.3 is 0 Å². The molecule has 1 aromatic rings. The first-order valence-corrected chi connectivity index (χ1v) is 8.80. The molecule has 0 bridgehead atoms. The second kappa shape index (κ2) is 11.7. The van der Waals surface area contributed by atoms with Crippen LogP contribution in [-0.2, 0) is 17.6 Å². The summed E-state index contributed by atoms with van der Waals surface area (Å²) in [5, 5.41) is 3.43. The highest BCUT2D eigenvalue weighted by molar-refractivity contribution is 14.0. The fourth-order valence-electron chi connectivity index (χ4n) is 2.49. The topological polar surface area (TPSA) is 36.9 Å². The van der Waals surface area contributed by atoms with Gasteiger partial charge in [-0.3, -0.25) is 4.99 Å². The summed E-state index contributed by atoms with van der Waals surface area (Å²) in [4.78, 5) is 6.48. The number of guanidine groups is 1. The van der Waals surface area contributed by atoms with Crippen molar-refractivity contribution >= 4 is 29.9 Å². The van der Waals surface area contributed by atoms with Crippen molar-refractivity contribution < 1.29 is 4.74 Å². The average Bonchev–Trinajstić information content (AvgIpc) is 3.40. The van der Waals surface area contributed by atoms with Gasteiger partial charge in [-0.1, -0.05) is 31.2 Å². The lowest BCUT2D eigenvalue weighted by Crippen LogP contribution is -2.41. The van der Waals surface area contributed by atoms with Crippen LogP contribution < -0.4 is 5.32 Å². The lowest BCUT2D eigenvalue weighted by Gasteiger charge is -2.22. The van der Waals surface area contributed by atoms with Crippen LogP contribution >= 0.6 is 24.0 Å². The quantitative estimate of drug-likeness (QED) is 0.274. The largest absolute Gasteiger partial charge is 0.379 e. The highest BCUT2D eigenvalue weighted by atomic mass is 127. The molecule has 1 saturated carbocycles. The molecule has 1 aromatic carbocycles. The van der Waals surface area contributed by atoms with Crippen molar-refractivity contribution in [2.75, 3.05) is 40.4 Å². The van der Waals surface area contributed by atoms with Crippen LogP contribution in [0.25, 0.3) is 0 Å². The number of nitrogens with one attached hydrogen (secondary N) is 1. The Morgan fingerprint density at radius 1 is 1.25 bits per heavy atom. The summed E-state index contributed by atoms with van der Waals surface area (Å²) in [6.07, 6.45) is 4.80. The molecule has 0 aromatic heterocycles. The Morgan fingerprint density at radius 2 is 1.92 bits per heavy atom. The second-order valence-electron chi connectivity index (χ2n) is 6.33. The monoisotopic (exact) mass is 445 g/mol. The van der Waals surface area contributed by atoms with E-state index in [-0.39, 0.29) is 24.0 Å². The molecule has 0 aliphatic heterocycles. The van der Waals surface area contributed by atoms with Crippen molar-refractivity contribution in [1.29, 1.82) is 0 Å². The third-order valence-corrected chi connectivity index (χ3v) is 4.32.